The van der Waals surface area contributed by atoms with Gasteiger partial charge in [0.05, 0.1) is 6.34 Å². The van der Waals surface area contributed by atoms with E-state index >= 15 is 0 Å². The molecule has 1 heterocycles. The van der Waals surface area contributed by atoms with Gasteiger partial charge in [-0.1, -0.05) is 55.5 Å². The summed E-state index contributed by atoms with van der Waals surface area (Å²) >= 11 is 0. The van der Waals surface area contributed by atoms with Gasteiger partial charge >= 0.3 is 0 Å². The zero-order chi connectivity index (χ0) is 14.2. The molecule has 0 saturated carbocycles. The van der Waals surface area contributed by atoms with Gasteiger partial charge in [0.1, 0.15) is 6.17 Å². The van der Waals surface area contributed by atoms with Crippen LogP contribution in [0.5, 0.6) is 0 Å². The molecule has 3 heteroatoms. The van der Waals surface area contributed by atoms with Crippen LogP contribution in [-0.4, -0.2) is 18.3 Å². The summed E-state index contributed by atoms with van der Waals surface area (Å²) < 4.78 is 0. The summed E-state index contributed by atoms with van der Waals surface area (Å²) in [5, 5.41) is 3.21. The second-order valence-electron chi connectivity index (χ2n) is 4.58. The Labute approximate surface area is 120 Å². The smallest absolute Gasteiger partial charge is 0.158 e. The van der Waals surface area contributed by atoms with Gasteiger partial charge in [-0.3, -0.25) is 0 Å². The lowest BCUT2D eigenvalue weighted by Gasteiger charge is -2.19. The van der Waals surface area contributed by atoms with Crippen LogP contribution in [0.4, 0.5) is 0 Å². The minimum Gasteiger partial charge on any atom is -0.351 e. The fourth-order valence-corrected chi connectivity index (χ4v) is 2.11. The van der Waals surface area contributed by atoms with E-state index in [4.69, 9.17) is 4.99 Å². The van der Waals surface area contributed by atoms with Crippen LogP contribution in [0.3, 0.4) is 0 Å². The first-order chi connectivity index (χ1) is 9.85. The third-order valence-electron chi connectivity index (χ3n) is 3.02. The maximum Gasteiger partial charge on any atom is 0.158 e. The molecule has 20 heavy (non-hydrogen) atoms. The Bertz CT molecular complexity index is 543. The van der Waals surface area contributed by atoms with Crippen molar-refractivity contribution in [1.29, 1.82) is 0 Å². The van der Waals surface area contributed by atoms with Gasteiger partial charge in [-0.25, -0.2) is 9.98 Å². The number of amidine groups is 1. The van der Waals surface area contributed by atoms with Crippen LogP contribution in [0.2, 0.25) is 0 Å². The van der Waals surface area contributed by atoms with Gasteiger partial charge in [0.15, 0.2) is 5.84 Å². The zero-order valence-corrected chi connectivity index (χ0v) is 12.1. The highest BCUT2D eigenvalue weighted by atomic mass is 15.2. The van der Waals surface area contributed by atoms with Gasteiger partial charge in [-0.2, -0.15) is 0 Å². The highest BCUT2D eigenvalue weighted by Crippen LogP contribution is 2.15. The van der Waals surface area contributed by atoms with Crippen LogP contribution in [0.25, 0.3) is 0 Å². The Morgan fingerprint density at radius 1 is 1.45 bits per heavy atom. The molecule has 0 aromatic carbocycles. The summed E-state index contributed by atoms with van der Waals surface area (Å²) in [4.78, 5) is 9.08. The number of aliphatic imine (C=N–C) groups is 2. The zero-order valence-electron chi connectivity index (χ0n) is 12.1. The minimum absolute atomic E-state index is 0.0554. The van der Waals surface area contributed by atoms with E-state index in [0.717, 1.165) is 24.3 Å². The van der Waals surface area contributed by atoms with E-state index in [9.17, 15) is 0 Å². The van der Waals surface area contributed by atoms with E-state index in [0.29, 0.717) is 0 Å². The second-order valence-corrected chi connectivity index (χ2v) is 4.58. The molecule has 3 nitrogen and oxygen atoms in total. The van der Waals surface area contributed by atoms with Crippen molar-refractivity contribution in [3.05, 3.63) is 59.8 Å². The molecule has 2 rings (SSSR count). The molecule has 1 atom stereocenters. The first kappa shape index (κ1) is 14.3. The molecule has 1 aliphatic carbocycles. The van der Waals surface area contributed by atoms with Crippen molar-refractivity contribution >= 4 is 12.2 Å². The molecule has 0 aromatic heterocycles. The van der Waals surface area contributed by atoms with Crippen molar-refractivity contribution in [3.63, 3.8) is 0 Å². The van der Waals surface area contributed by atoms with E-state index in [1.54, 1.807) is 6.34 Å². The van der Waals surface area contributed by atoms with E-state index in [1.807, 2.05) is 13.0 Å². The number of hydrogen-bond acceptors (Lipinski definition) is 3. The first-order valence-electron chi connectivity index (χ1n) is 7.08. The van der Waals surface area contributed by atoms with Gasteiger partial charge < -0.3 is 5.32 Å². The van der Waals surface area contributed by atoms with Crippen LogP contribution < -0.4 is 5.32 Å². The standard InChI is InChI=1S/C17H21N3/c1-3-9-14(10-4-2)16-18-13-19-17(20-16)15-11-7-5-6-8-12-15/h3,5,7-13,16H,4,6H2,1-2H3,(H,18,19,20)/b9-3-,14-10+. The highest BCUT2D eigenvalue weighted by Gasteiger charge is 2.15. The van der Waals surface area contributed by atoms with Gasteiger partial charge in [-0.15, -0.1) is 0 Å². The molecule has 1 aliphatic heterocycles. The lowest BCUT2D eigenvalue weighted by Crippen LogP contribution is -2.32. The Balaban J connectivity index is 2.26. The van der Waals surface area contributed by atoms with Crippen LogP contribution in [0, 0.1) is 0 Å². The van der Waals surface area contributed by atoms with Crippen LogP contribution in [0.15, 0.2) is 69.7 Å². The number of nitrogens with one attached hydrogen (secondary N) is 1. The lowest BCUT2D eigenvalue weighted by atomic mass is 10.1. The first-order valence-corrected chi connectivity index (χ1v) is 7.08. The summed E-state index contributed by atoms with van der Waals surface area (Å²) in [6, 6.07) is 0. The van der Waals surface area contributed by atoms with Gasteiger partial charge in [-0.05, 0) is 25.3 Å². The minimum atomic E-state index is -0.0554. The Morgan fingerprint density at radius 3 is 3.15 bits per heavy atom. The van der Waals surface area contributed by atoms with Gasteiger partial charge in [0.2, 0.25) is 0 Å². The van der Waals surface area contributed by atoms with Crippen LogP contribution >= 0.6 is 0 Å². The molecular formula is C17H21N3. The Morgan fingerprint density at radius 2 is 2.35 bits per heavy atom. The summed E-state index contributed by atoms with van der Waals surface area (Å²) in [5.41, 5.74) is 2.23. The molecular weight excluding hydrogens is 246 g/mol. The largest absolute Gasteiger partial charge is 0.351 e. The maximum atomic E-state index is 4.72. The quantitative estimate of drug-likeness (QED) is 0.775. The molecule has 0 fully saturated rings. The van der Waals surface area contributed by atoms with Crippen LogP contribution in [-0.2, 0) is 0 Å². The molecule has 104 valence electrons. The number of nitrogens with zero attached hydrogens (tertiary/aromatic N) is 2. The topological polar surface area (TPSA) is 36.8 Å². The molecule has 0 amide bonds. The normalized spacial score (nSPS) is 22.5. The summed E-state index contributed by atoms with van der Waals surface area (Å²) in [7, 11) is 0. The fraction of sp³-hybridized carbons (Fsp3) is 0.294. The average Bonchev–Trinajstić information content (AvgIpc) is 2.76. The molecule has 0 bridgehead atoms. The number of hydrogen-bond donors (Lipinski definition) is 1. The van der Waals surface area contributed by atoms with Crippen LogP contribution in [0.1, 0.15) is 26.7 Å². The van der Waals surface area contributed by atoms with E-state index in [1.165, 1.54) is 5.57 Å². The van der Waals surface area contributed by atoms with Crippen molar-refractivity contribution in [2.45, 2.75) is 32.9 Å². The summed E-state index contributed by atoms with van der Waals surface area (Å²) in [6.45, 7) is 4.15. The molecule has 2 aliphatic rings. The molecule has 0 saturated heterocycles. The van der Waals surface area contributed by atoms with Gasteiger partial charge in [0, 0.05) is 5.57 Å². The predicted molar refractivity (Wildman–Crippen MR) is 87.0 cm³/mol. The fourth-order valence-electron chi connectivity index (χ4n) is 2.11. The molecule has 1 N–H and O–H groups in total. The van der Waals surface area contributed by atoms with E-state index < -0.39 is 0 Å². The molecule has 0 spiro atoms. The number of allylic oxidation sites excluding steroid dienone is 6. The van der Waals surface area contributed by atoms with E-state index in [-0.39, 0.29) is 6.17 Å². The maximum absolute atomic E-state index is 4.72. The SMILES string of the molecule is C/C=C\C(=C/CC)C1N=C(C2=CC=CCC=C2)N=CN1. The summed E-state index contributed by atoms with van der Waals surface area (Å²) in [6.07, 6.45) is 20.4. The molecule has 0 aromatic rings. The van der Waals surface area contributed by atoms with Crippen molar-refractivity contribution < 1.29 is 0 Å². The molecule has 0 radical (unpaired) electrons. The van der Waals surface area contributed by atoms with Gasteiger partial charge in [0.25, 0.3) is 0 Å². The Hall–Kier alpha value is -2.16. The number of rotatable bonds is 4. The predicted octanol–water partition coefficient (Wildman–Crippen LogP) is 3.70. The molecule has 1 unspecified atom stereocenters. The summed E-state index contributed by atoms with van der Waals surface area (Å²) in [5.74, 6) is 0.781. The lowest BCUT2D eigenvalue weighted by molar-refractivity contribution is 0.738. The second kappa shape index (κ2) is 7.43. The van der Waals surface area contributed by atoms with Crippen molar-refractivity contribution in [2.24, 2.45) is 9.98 Å². The average molecular weight is 267 g/mol. The Kier molecular flexibility index (Phi) is 5.30. The highest BCUT2D eigenvalue weighted by molar-refractivity contribution is 6.06. The van der Waals surface area contributed by atoms with Crippen molar-refractivity contribution in [2.75, 3.05) is 0 Å². The monoisotopic (exact) mass is 267 g/mol. The third-order valence-corrected chi connectivity index (χ3v) is 3.02. The van der Waals surface area contributed by atoms with E-state index in [2.05, 4.69) is 59.8 Å². The van der Waals surface area contributed by atoms with Crippen molar-refractivity contribution in [3.8, 4) is 0 Å². The third kappa shape index (κ3) is 3.67. The van der Waals surface area contributed by atoms with Crippen molar-refractivity contribution in [1.82, 2.24) is 5.32 Å².